The van der Waals surface area contributed by atoms with E-state index in [1.807, 2.05) is 5.01 Å². The molecule has 5 rings (SSSR count). The molecule has 43 heavy (non-hydrogen) atoms. The van der Waals surface area contributed by atoms with Crippen molar-refractivity contribution < 1.29 is 34.9 Å². The average Bonchev–Trinajstić information content (AvgIpc) is 3.58. The van der Waals surface area contributed by atoms with Crippen LogP contribution in [-0.2, 0) is 20.5 Å². The number of hydrazine groups is 1. The summed E-state index contributed by atoms with van der Waals surface area (Å²) in [7, 11) is -8.59. The van der Waals surface area contributed by atoms with Gasteiger partial charge in [-0.05, 0) is 73.7 Å². The van der Waals surface area contributed by atoms with Crippen LogP contribution in [0.25, 0.3) is 17.1 Å². The van der Waals surface area contributed by atoms with Crippen LogP contribution in [0.2, 0.25) is 10.0 Å². The molecule has 3 N–H and O–H groups in total. The van der Waals surface area contributed by atoms with Crippen LogP contribution in [-0.4, -0.2) is 59.5 Å². The second kappa shape index (κ2) is 13.7. The largest absolute Gasteiger partial charge is 0.394 e. The molecule has 1 amide bonds. The van der Waals surface area contributed by atoms with E-state index in [0.29, 0.717) is 32.8 Å². The van der Waals surface area contributed by atoms with Crippen molar-refractivity contribution in [1.82, 2.24) is 20.0 Å². The molecule has 1 aliphatic rings. The molecule has 230 valence electrons. The maximum atomic E-state index is 13.3. The van der Waals surface area contributed by atoms with E-state index < -0.39 is 20.5 Å². The summed E-state index contributed by atoms with van der Waals surface area (Å²) in [4.78, 5) is 18.0. The Morgan fingerprint density at radius 3 is 2.23 bits per heavy atom. The van der Waals surface area contributed by atoms with Gasteiger partial charge in [-0.25, -0.2) is 9.99 Å². The predicted molar refractivity (Wildman–Crippen MR) is 163 cm³/mol. The van der Waals surface area contributed by atoms with E-state index >= 15 is 0 Å². The summed E-state index contributed by atoms with van der Waals surface area (Å²) in [6.45, 7) is 3.38. The monoisotopic (exact) mass is 688 g/mol. The Hall–Kier alpha value is -3.02. The van der Waals surface area contributed by atoms with Gasteiger partial charge in [0.15, 0.2) is 9.90 Å². The molecule has 12 nitrogen and oxygen atoms in total. The van der Waals surface area contributed by atoms with Gasteiger partial charge >= 0.3 is 20.5 Å². The van der Waals surface area contributed by atoms with Gasteiger partial charge < -0.3 is 4.18 Å². The van der Waals surface area contributed by atoms with Crippen LogP contribution in [0.4, 0.5) is 0 Å². The van der Waals surface area contributed by atoms with Gasteiger partial charge in [0.25, 0.3) is 5.91 Å². The lowest BCUT2D eigenvalue weighted by molar-refractivity contribution is 0.0744. The molecule has 1 saturated heterocycles. The third-order valence-electron chi connectivity index (χ3n) is 6.15. The lowest BCUT2D eigenvalue weighted by Gasteiger charge is -2.26. The smallest absolute Gasteiger partial charge is 0.378 e. The van der Waals surface area contributed by atoms with Gasteiger partial charge in [0.05, 0.1) is 10.7 Å². The number of rotatable bonds is 7. The number of carbonyl (C=O) groups excluding carboxylic acids is 1. The van der Waals surface area contributed by atoms with Crippen molar-refractivity contribution in [1.29, 1.82) is 0 Å². The van der Waals surface area contributed by atoms with E-state index in [9.17, 15) is 13.2 Å². The fourth-order valence-electron chi connectivity index (χ4n) is 4.31. The van der Waals surface area contributed by atoms with Crippen LogP contribution < -0.4 is 9.61 Å². The number of thiophene rings is 1. The highest BCUT2D eigenvalue weighted by atomic mass is 35.5. The first-order valence-electron chi connectivity index (χ1n) is 12.6. The van der Waals surface area contributed by atoms with Crippen LogP contribution in [0.5, 0.6) is 5.75 Å². The number of imidazole rings is 1. The SMILES string of the molecule is Cc1c(C(=O)NN2CCCCC2)nc(-c2ccc(Cl)cc2Cl)n1-c1ccc(OS(=O)(=O)c2cccs2)cc1.O=S(=O)(O)O. The molecule has 17 heteroatoms. The van der Waals surface area contributed by atoms with E-state index in [1.54, 1.807) is 65.4 Å². The van der Waals surface area contributed by atoms with E-state index in [1.165, 1.54) is 6.07 Å². The van der Waals surface area contributed by atoms with Gasteiger partial charge in [0.2, 0.25) is 0 Å². The molecular weight excluding hydrogens is 663 g/mol. The number of amides is 1. The third-order valence-corrected chi connectivity index (χ3v) is 9.30. The molecule has 1 aliphatic heterocycles. The Morgan fingerprint density at radius 2 is 1.65 bits per heavy atom. The Balaban J connectivity index is 0.000000782. The summed E-state index contributed by atoms with van der Waals surface area (Å²) in [6, 6.07) is 14.7. The van der Waals surface area contributed by atoms with Crippen LogP contribution in [0.15, 0.2) is 64.2 Å². The zero-order chi connectivity index (χ0) is 31.4. The second-order valence-electron chi connectivity index (χ2n) is 9.23. The molecular formula is C26H26Cl2N4O8S3. The van der Waals surface area contributed by atoms with Crippen molar-refractivity contribution in [2.24, 2.45) is 0 Å². The molecule has 0 saturated carbocycles. The number of piperidine rings is 1. The summed E-state index contributed by atoms with van der Waals surface area (Å²) >= 11 is 13.7. The number of halogens is 2. The molecule has 0 bridgehead atoms. The summed E-state index contributed by atoms with van der Waals surface area (Å²) in [5, 5.41) is 4.45. The molecule has 1 fully saturated rings. The minimum Gasteiger partial charge on any atom is -0.378 e. The zero-order valence-corrected chi connectivity index (χ0v) is 26.4. The number of hydrogen-bond acceptors (Lipinski definition) is 9. The van der Waals surface area contributed by atoms with Gasteiger partial charge in [-0.15, -0.1) is 11.3 Å². The Labute approximate surface area is 262 Å². The quantitative estimate of drug-likeness (QED) is 0.167. The molecule has 0 spiro atoms. The first-order chi connectivity index (χ1) is 20.2. The Morgan fingerprint density at radius 1 is 1.00 bits per heavy atom. The van der Waals surface area contributed by atoms with Gasteiger partial charge in [-0.3, -0.25) is 23.9 Å². The van der Waals surface area contributed by atoms with Crippen LogP contribution in [0, 0.1) is 6.92 Å². The minimum atomic E-state index is -4.67. The molecule has 0 unspecified atom stereocenters. The third kappa shape index (κ3) is 8.77. The first-order valence-corrected chi connectivity index (χ1v) is 17.1. The maximum absolute atomic E-state index is 13.3. The number of nitrogens with zero attached hydrogens (tertiary/aromatic N) is 3. The second-order valence-corrected chi connectivity index (χ2v) is 13.7. The van der Waals surface area contributed by atoms with Crippen molar-refractivity contribution in [2.75, 3.05) is 13.1 Å². The van der Waals surface area contributed by atoms with Crippen molar-refractivity contribution in [3.63, 3.8) is 0 Å². The predicted octanol–water partition coefficient (Wildman–Crippen LogP) is 5.46. The number of benzene rings is 2. The molecule has 0 atom stereocenters. The lowest BCUT2D eigenvalue weighted by atomic mass is 10.2. The zero-order valence-electron chi connectivity index (χ0n) is 22.5. The highest BCUT2D eigenvalue weighted by Gasteiger charge is 2.25. The van der Waals surface area contributed by atoms with Crippen molar-refractivity contribution in [3.05, 3.63) is 81.4 Å². The standard InChI is InChI=1S/C26H24Cl2N4O4S2.H2O4S/c1-17-24(26(33)30-31-13-3-2-4-14-31)29-25(21-12-7-18(27)16-22(21)28)32(17)19-8-10-20(11-9-19)36-38(34,35)23-6-5-15-37-23;1-5(2,3)4/h5-12,15-16H,2-4,13-14H2,1H3,(H,30,33);(H2,1,2,3,4). The minimum absolute atomic E-state index is 0.121. The van der Waals surface area contributed by atoms with Gasteiger partial charge in [-0.1, -0.05) is 35.7 Å². The van der Waals surface area contributed by atoms with E-state index in [4.69, 9.17) is 49.9 Å². The van der Waals surface area contributed by atoms with Gasteiger partial charge in [0.1, 0.15) is 11.6 Å². The van der Waals surface area contributed by atoms with E-state index in [-0.39, 0.29) is 21.6 Å². The average molecular weight is 690 g/mol. The summed E-state index contributed by atoms with van der Waals surface area (Å²) in [6.07, 6.45) is 3.19. The van der Waals surface area contributed by atoms with E-state index in [0.717, 1.165) is 43.7 Å². The number of hydrogen-bond donors (Lipinski definition) is 3. The van der Waals surface area contributed by atoms with Crippen LogP contribution >= 0.6 is 34.5 Å². The topological polar surface area (TPSA) is 168 Å². The van der Waals surface area contributed by atoms with Crippen molar-refractivity contribution >= 4 is 61.0 Å². The van der Waals surface area contributed by atoms with Crippen LogP contribution in [0.3, 0.4) is 0 Å². The van der Waals surface area contributed by atoms with Crippen molar-refractivity contribution in [3.8, 4) is 22.8 Å². The molecule has 0 radical (unpaired) electrons. The van der Waals surface area contributed by atoms with Gasteiger partial charge in [0, 0.05) is 29.4 Å². The fourth-order valence-corrected chi connectivity index (χ4v) is 6.68. The molecule has 0 aliphatic carbocycles. The van der Waals surface area contributed by atoms with E-state index in [2.05, 4.69) is 5.43 Å². The summed E-state index contributed by atoms with van der Waals surface area (Å²) in [5.41, 5.74) is 5.07. The highest BCUT2D eigenvalue weighted by Crippen LogP contribution is 2.34. The highest BCUT2D eigenvalue weighted by molar-refractivity contribution is 7.89. The Kier molecular flexibility index (Phi) is 10.5. The first kappa shape index (κ1) is 32.9. The van der Waals surface area contributed by atoms with Crippen molar-refractivity contribution in [2.45, 2.75) is 30.4 Å². The lowest BCUT2D eigenvalue weighted by Crippen LogP contribution is -2.45. The molecule has 3 heterocycles. The number of carbonyl (C=O) groups is 1. The van der Waals surface area contributed by atoms with Crippen LogP contribution in [0.1, 0.15) is 35.4 Å². The molecule has 2 aromatic heterocycles. The normalized spacial score (nSPS) is 14.1. The molecule has 4 aromatic rings. The maximum Gasteiger partial charge on any atom is 0.394 e. The fraction of sp³-hybridized carbons (Fsp3) is 0.231. The number of aromatic nitrogens is 2. The summed E-state index contributed by atoms with van der Waals surface area (Å²) < 4.78 is 63.8. The summed E-state index contributed by atoms with van der Waals surface area (Å²) in [5.74, 6) is 0.304. The number of nitrogens with one attached hydrogen (secondary N) is 1. The Bertz CT molecular complexity index is 1800. The molecule has 2 aromatic carbocycles. The van der Waals surface area contributed by atoms with Gasteiger partial charge in [-0.2, -0.15) is 16.8 Å².